The first-order valence-corrected chi connectivity index (χ1v) is 10.0. The van der Waals surface area contributed by atoms with Crippen molar-refractivity contribution in [1.29, 1.82) is 0 Å². The second kappa shape index (κ2) is 8.69. The molecule has 0 fully saturated rings. The molecule has 0 aliphatic carbocycles. The minimum absolute atomic E-state index is 0.196. The summed E-state index contributed by atoms with van der Waals surface area (Å²) >= 11 is 13.5. The van der Waals surface area contributed by atoms with Crippen molar-refractivity contribution in [2.75, 3.05) is 0 Å². The molecule has 0 unspecified atom stereocenters. The summed E-state index contributed by atoms with van der Waals surface area (Å²) in [4.78, 5) is 17.6. The van der Waals surface area contributed by atoms with Gasteiger partial charge in [-0.05, 0) is 66.7 Å². The molecule has 5 nitrogen and oxygen atoms in total. The molecule has 0 N–H and O–H groups in total. The van der Waals surface area contributed by atoms with Crippen molar-refractivity contribution in [3.8, 4) is 11.5 Å². The summed E-state index contributed by atoms with van der Waals surface area (Å²) in [6, 6.07) is 19.3. The van der Waals surface area contributed by atoms with Crippen molar-refractivity contribution in [2.24, 2.45) is 0 Å². The van der Waals surface area contributed by atoms with E-state index in [4.69, 9.17) is 27.9 Å². The first-order valence-electron chi connectivity index (χ1n) is 8.49. The average molecular weight is 442 g/mol. The maximum atomic E-state index is 12.7. The minimum atomic E-state index is -0.196. The molecule has 4 rings (SSSR count). The predicted molar refractivity (Wildman–Crippen MR) is 114 cm³/mol. The molecule has 0 atom stereocenters. The van der Waals surface area contributed by atoms with E-state index in [9.17, 15) is 4.79 Å². The van der Waals surface area contributed by atoms with Crippen molar-refractivity contribution in [3.63, 3.8) is 0 Å². The molecule has 29 heavy (non-hydrogen) atoms. The lowest BCUT2D eigenvalue weighted by Crippen LogP contribution is -2.02. The monoisotopic (exact) mass is 441 g/mol. The van der Waals surface area contributed by atoms with E-state index in [2.05, 4.69) is 10.1 Å². The highest BCUT2D eigenvalue weighted by molar-refractivity contribution is 7.97. The second-order valence-corrected chi connectivity index (χ2v) is 7.81. The standard InChI is InChI=1S/C21H13Cl2N3O2S/c22-15-3-10-20(23)19(11-15)21(27)14-1-4-16(5-2-14)28-17-6-8-18(9-7-17)29-26-13-24-12-25-26/h1-13H. The summed E-state index contributed by atoms with van der Waals surface area (Å²) in [7, 11) is 0. The van der Waals surface area contributed by atoms with Gasteiger partial charge in [0, 0.05) is 33.0 Å². The van der Waals surface area contributed by atoms with Crippen LogP contribution in [0.1, 0.15) is 15.9 Å². The van der Waals surface area contributed by atoms with E-state index in [0.717, 1.165) is 4.90 Å². The fraction of sp³-hybridized carbons (Fsp3) is 0. The van der Waals surface area contributed by atoms with E-state index in [1.165, 1.54) is 18.3 Å². The molecule has 144 valence electrons. The summed E-state index contributed by atoms with van der Waals surface area (Å²) in [5.74, 6) is 1.11. The zero-order chi connectivity index (χ0) is 20.2. The lowest BCUT2D eigenvalue weighted by Gasteiger charge is -2.08. The van der Waals surface area contributed by atoms with Crippen LogP contribution in [-0.4, -0.2) is 20.0 Å². The molecule has 1 aromatic heterocycles. The van der Waals surface area contributed by atoms with Gasteiger partial charge in [0.1, 0.15) is 24.2 Å². The Hall–Kier alpha value is -2.80. The molecule has 1 heterocycles. The van der Waals surface area contributed by atoms with Gasteiger partial charge >= 0.3 is 0 Å². The van der Waals surface area contributed by atoms with E-state index >= 15 is 0 Å². The molecular weight excluding hydrogens is 429 g/mol. The summed E-state index contributed by atoms with van der Waals surface area (Å²) in [6.45, 7) is 0. The lowest BCUT2D eigenvalue weighted by molar-refractivity contribution is 0.103. The molecule has 0 amide bonds. The van der Waals surface area contributed by atoms with Crippen molar-refractivity contribution >= 4 is 40.9 Å². The van der Waals surface area contributed by atoms with Crippen LogP contribution >= 0.6 is 35.1 Å². The first kappa shape index (κ1) is 19.5. The predicted octanol–water partition coefficient (Wildman–Crippen LogP) is 6.16. The van der Waals surface area contributed by atoms with Crippen LogP contribution in [0.3, 0.4) is 0 Å². The van der Waals surface area contributed by atoms with Gasteiger partial charge in [-0.1, -0.05) is 23.2 Å². The molecule has 0 bridgehead atoms. The molecular formula is C21H13Cl2N3O2S. The molecule has 0 aliphatic rings. The number of nitrogens with zero attached hydrogens (tertiary/aromatic N) is 3. The normalized spacial score (nSPS) is 10.7. The Bertz CT molecular complexity index is 1130. The van der Waals surface area contributed by atoms with Gasteiger partial charge in [-0.3, -0.25) is 4.79 Å². The van der Waals surface area contributed by atoms with E-state index < -0.39 is 0 Å². The van der Waals surface area contributed by atoms with Crippen LogP contribution in [0.15, 0.2) is 84.3 Å². The molecule has 0 saturated heterocycles. The zero-order valence-electron chi connectivity index (χ0n) is 14.8. The highest BCUT2D eigenvalue weighted by Crippen LogP contribution is 2.27. The molecule has 0 spiro atoms. The number of hydrogen-bond acceptors (Lipinski definition) is 5. The number of ether oxygens (including phenoxy) is 1. The topological polar surface area (TPSA) is 57.0 Å². The van der Waals surface area contributed by atoms with Crippen molar-refractivity contribution in [1.82, 2.24) is 14.2 Å². The van der Waals surface area contributed by atoms with Crippen LogP contribution < -0.4 is 4.74 Å². The number of carbonyl (C=O) groups excluding carboxylic acids is 1. The van der Waals surface area contributed by atoms with E-state index in [1.54, 1.807) is 52.9 Å². The lowest BCUT2D eigenvalue weighted by atomic mass is 10.0. The number of benzene rings is 3. The Balaban J connectivity index is 1.44. The number of rotatable bonds is 6. The van der Waals surface area contributed by atoms with Gasteiger partial charge in [0.25, 0.3) is 0 Å². The summed E-state index contributed by atoms with van der Waals surface area (Å²) in [6.07, 6.45) is 3.12. The fourth-order valence-corrected chi connectivity index (χ4v) is 3.60. The van der Waals surface area contributed by atoms with Crippen LogP contribution in [0, 0.1) is 0 Å². The van der Waals surface area contributed by atoms with Crippen LogP contribution in [0.4, 0.5) is 0 Å². The molecule has 4 aromatic rings. The highest BCUT2D eigenvalue weighted by Gasteiger charge is 2.13. The number of ketones is 1. The van der Waals surface area contributed by atoms with Crippen LogP contribution in [-0.2, 0) is 0 Å². The Labute approximate surface area is 181 Å². The van der Waals surface area contributed by atoms with Crippen LogP contribution in [0.2, 0.25) is 10.0 Å². The average Bonchev–Trinajstić information content (AvgIpc) is 3.24. The quantitative estimate of drug-likeness (QED) is 0.335. The molecule has 0 saturated carbocycles. The molecule has 0 aliphatic heterocycles. The number of hydrogen-bond donors (Lipinski definition) is 0. The van der Waals surface area contributed by atoms with Crippen LogP contribution in [0.5, 0.6) is 11.5 Å². The van der Waals surface area contributed by atoms with E-state index in [-0.39, 0.29) is 5.78 Å². The van der Waals surface area contributed by atoms with Crippen LogP contribution in [0.25, 0.3) is 0 Å². The third-order valence-electron chi connectivity index (χ3n) is 3.95. The van der Waals surface area contributed by atoms with E-state index in [1.807, 2.05) is 24.3 Å². The smallest absolute Gasteiger partial charge is 0.194 e. The van der Waals surface area contributed by atoms with Crippen molar-refractivity contribution < 1.29 is 9.53 Å². The third-order valence-corrected chi connectivity index (χ3v) is 5.37. The Morgan fingerprint density at radius 1 is 0.931 bits per heavy atom. The van der Waals surface area contributed by atoms with Gasteiger partial charge in [0.2, 0.25) is 0 Å². The maximum Gasteiger partial charge on any atom is 0.194 e. The number of carbonyl (C=O) groups is 1. The summed E-state index contributed by atoms with van der Waals surface area (Å²) in [5, 5.41) is 4.88. The van der Waals surface area contributed by atoms with E-state index in [0.29, 0.717) is 32.7 Å². The van der Waals surface area contributed by atoms with Gasteiger partial charge in [-0.15, -0.1) is 5.10 Å². The largest absolute Gasteiger partial charge is 0.457 e. The Morgan fingerprint density at radius 2 is 1.62 bits per heavy atom. The van der Waals surface area contributed by atoms with Crippen molar-refractivity contribution in [2.45, 2.75) is 4.90 Å². The minimum Gasteiger partial charge on any atom is -0.457 e. The Kier molecular flexibility index (Phi) is 5.85. The molecule has 0 radical (unpaired) electrons. The molecule has 3 aromatic carbocycles. The number of aromatic nitrogens is 3. The fourth-order valence-electron chi connectivity index (χ4n) is 2.56. The van der Waals surface area contributed by atoms with Gasteiger partial charge in [-0.25, -0.2) is 4.98 Å². The van der Waals surface area contributed by atoms with Gasteiger partial charge < -0.3 is 4.74 Å². The maximum absolute atomic E-state index is 12.7. The van der Waals surface area contributed by atoms with Gasteiger partial charge in [-0.2, -0.15) is 4.09 Å². The number of halogens is 2. The third kappa shape index (κ3) is 4.79. The molecule has 8 heteroatoms. The first-order chi connectivity index (χ1) is 14.1. The van der Waals surface area contributed by atoms with Gasteiger partial charge in [0.05, 0.1) is 5.02 Å². The summed E-state index contributed by atoms with van der Waals surface area (Å²) in [5.41, 5.74) is 0.870. The SMILES string of the molecule is O=C(c1ccc(Oc2ccc(Sn3cncn3)cc2)cc1)c1cc(Cl)ccc1Cl. The Morgan fingerprint density at radius 3 is 2.28 bits per heavy atom. The second-order valence-electron chi connectivity index (χ2n) is 5.94. The van der Waals surface area contributed by atoms with Gasteiger partial charge in [0.15, 0.2) is 5.78 Å². The highest BCUT2D eigenvalue weighted by atomic mass is 35.5. The summed E-state index contributed by atoms with van der Waals surface area (Å²) < 4.78 is 7.51. The van der Waals surface area contributed by atoms with Crippen molar-refractivity contribution in [3.05, 3.63) is 101 Å². The zero-order valence-corrected chi connectivity index (χ0v) is 17.2.